The highest BCUT2D eigenvalue weighted by molar-refractivity contribution is 7.99. The number of nitro benzene ring substituents is 1. The summed E-state index contributed by atoms with van der Waals surface area (Å²) in [4.78, 5) is 32.3. The minimum Gasteiger partial charge on any atom is -0.301 e. The number of hydrogen-bond donors (Lipinski definition) is 2. The standard InChI is InChI=1S/C17H12N6O3S3/c24-14(9-29-17-20-15(21-22-17)13-5-2-6-27-13)19-16-18-12(8-28-16)10-3-1-4-11(7-10)23(25)26/h1-8H,9H2,(H,18,19,24)(H,20,21,22). The Morgan fingerprint density at radius 2 is 2.14 bits per heavy atom. The van der Waals surface area contributed by atoms with Crippen LogP contribution in [0.2, 0.25) is 0 Å². The fraction of sp³-hybridized carbons (Fsp3) is 0.0588. The molecule has 1 amide bonds. The van der Waals surface area contributed by atoms with Gasteiger partial charge in [-0.3, -0.25) is 20.0 Å². The molecular formula is C17H12N6O3S3. The minimum atomic E-state index is -0.456. The van der Waals surface area contributed by atoms with Crippen molar-refractivity contribution in [1.29, 1.82) is 0 Å². The zero-order chi connectivity index (χ0) is 20.2. The molecule has 9 nitrogen and oxygen atoms in total. The van der Waals surface area contributed by atoms with Gasteiger partial charge in [0.1, 0.15) is 0 Å². The van der Waals surface area contributed by atoms with E-state index in [1.54, 1.807) is 28.8 Å². The van der Waals surface area contributed by atoms with Crippen LogP contribution in [0.15, 0.2) is 52.3 Å². The first-order valence-electron chi connectivity index (χ1n) is 8.18. The topological polar surface area (TPSA) is 127 Å². The molecule has 0 fully saturated rings. The van der Waals surface area contributed by atoms with E-state index >= 15 is 0 Å². The summed E-state index contributed by atoms with van der Waals surface area (Å²) < 4.78 is 0. The molecule has 29 heavy (non-hydrogen) atoms. The quantitative estimate of drug-likeness (QED) is 0.247. The van der Waals surface area contributed by atoms with Crippen LogP contribution >= 0.6 is 34.4 Å². The molecule has 146 valence electrons. The van der Waals surface area contributed by atoms with Crippen LogP contribution in [0.3, 0.4) is 0 Å². The first-order valence-corrected chi connectivity index (χ1v) is 10.9. The van der Waals surface area contributed by atoms with Gasteiger partial charge in [-0.15, -0.1) is 27.8 Å². The summed E-state index contributed by atoms with van der Waals surface area (Å²) in [6.45, 7) is 0. The number of thioether (sulfide) groups is 1. The SMILES string of the molecule is O=C(CSc1n[nH]c(-c2cccs2)n1)Nc1nc(-c2cccc([N+](=O)[O-])c2)cs1. The summed E-state index contributed by atoms with van der Waals surface area (Å²) in [7, 11) is 0. The molecule has 0 saturated carbocycles. The number of rotatable bonds is 7. The number of carbonyl (C=O) groups excluding carboxylic acids is 1. The molecule has 0 bridgehead atoms. The number of aromatic amines is 1. The predicted octanol–water partition coefficient (Wildman–Crippen LogP) is 4.30. The lowest BCUT2D eigenvalue weighted by molar-refractivity contribution is -0.384. The molecule has 0 aliphatic rings. The Balaban J connectivity index is 1.35. The van der Waals surface area contributed by atoms with Crippen molar-refractivity contribution in [3.63, 3.8) is 0 Å². The third-order valence-electron chi connectivity index (χ3n) is 3.66. The van der Waals surface area contributed by atoms with E-state index in [4.69, 9.17) is 0 Å². The van der Waals surface area contributed by atoms with Crippen molar-refractivity contribution < 1.29 is 9.72 Å². The van der Waals surface area contributed by atoms with E-state index in [-0.39, 0.29) is 17.3 Å². The Kier molecular flexibility index (Phi) is 5.64. The number of non-ortho nitro benzene ring substituents is 1. The van der Waals surface area contributed by atoms with Crippen molar-refractivity contribution >= 4 is 51.2 Å². The summed E-state index contributed by atoms with van der Waals surface area (Å²) in [5.41, 5.74) is 1.18. The lowest BCUT2D eigenvalue weighted by Gasteiger charge is -2.00. The number of nitrogens with zero attached hydrogens (tertiary/aromatic N) is 4. The highest BCUT2D eigenvalue weighted by Gasteiger charge is 2.13. The molecule has 2 N–H and O–H groups in total. The Morgan fingerprint density at radius 3 is 2.93 bits per heavy atom. The van der Waals surface area contributed by atoms with E-state index < -0.39 is 4.92 Å². The van der Waals surface area contributed by atoms with Gasteiger partial charge in [0.25, 0.3) is 5.69 Å². The van der Waals surface area contributed by atoms with E-state index in [1.165, 1.54) is 35.2 Å². The number of benzene rings is 1. The van der Waals surface area contributed by atoms with Gasteiger partial charge in [-0.05, 0) is 11.4 Å². The number of anilines is 1. The molecule has 12 heteroatoms. The number of hydrogen-bond acceptors (Lipinski definition) is 9. The van der Waals surface area contributed by atoms with Gasteiger partial charge in [0.15, 0.2) is 11.0 Å². The molecule has 4 rings (SSSR count). The van der Waals surface area contributed by atoms with Gasteiger partial charge in [0.2, 0.25) is 11.1 Å². The van der Waals surface area contributed by atoms with E-state index in [0.717, 1.165) is 4.88 Å². The smallest absolute Gasteiger partial charge is 0.270 e. The summed E-state index contributed by atoms with van der Waals surface area (Å²) in [6.07, 6.45) is 0. The van der Waals surface area contributed by atoms with Crippen molar-refractivity contribution in [1.82, 2.24) is 20.2 Å². The van der Waals surface area contributed by atoms with E-state index in [1.807, 2.05) is 17.5 Å². The van der Waals surface area contributed by atoms with Crippen LogP contribution in [-0.4, -0.2) is 36.7 Å². The highest BCUT2D eigenvalue weighted by atomic mass is 32.2. The molecule has 0 atom stereocenters. The summed E-state index contributed by atoms with van der Waals surface area (Å²) in [5, 5.41) is 25.2. The molecule has 0 unspecified atom stereocenters. The maximum absolute atomic E-state index is 12.2. The molecule has 4 aromatic rings. The zero-order valence-corrected chi connectivity index (χ0v) is 17.0. The molecule has 0 aliphatic heterocycles. The monoisotopic (exact) mass is 444 g/mol. The number of amides is 1. The second-order valence-electron chi connectivity index (χ2n) is 5.63. The molecule has 3 heterocycles. The number of carbonyl (C=O) groups is 1. The Morgan fingerprint density at radius 1 is 1.24 bits per heavy atom. The maximum Gasteiger partial charge on any atom is 0.270 e. The molecular weight excluding hydrogens is 432 g/mol. The van der Waals surface area contributed by atoms with E-state index in [9.17, 15) is 14.9 Å². The van der Waals surface area contributed by atoms with Crippen molar-refractivity contribution in [2.45, 2.75) is 5.16 Å². The highest BCUT2D eigenvalue weighted by Crippen LogP contribution is 2.28. The predicted molar refractivity (Wildman–Crippen MR) is 113 cm³/mol. The van der Waals surface area contributed by atoms with Gasteiger partial charge >= 0.3 is 0 Å². The average Bonchev–Trinajstić information content (AvgIpc) is 3.47. The fourth-order valence-corrected chi connectivity index (χ4v) is 4.36. The summed E-state index contributed by atoms with van der Waals surface area (Å²) >= 11 is 4.02. The first kappa shape index (κ1) is 19.2. The van der Waals surface area contributed by atoms with Gasteiger partial charge in [-0.2, -0.15) is 0 Å². The molecule has 0 spiro atoms. The van der Waals surface area contributed by atoms with E-state index in [2.05, 4.69) is 25.5 Å². The molecule has 0 radical (unpaired) electrons. The Hall–Kier alpha value is -3.09. The number of thiazole rings is 1. The minimum absolute atomic E-state index is 0.00842. The van der Waals surface area contributed by atoms with Crippen molar-refractivity contribution in [3.05, 3.63) is 57.3 Å². The average molecular weight is 445 g/mol. The Bertz CT molecular complexity index is 1150. The third-order valence-corrected chi connectivity index (χ3v) is 6.14. The largest absolute Gasteiger partial charge is 0.301 e. The molecule has 1 aromatic carbocycles. The Labute approximate surface area is 176 Å². The molecule has 0 saturated heterocycles. The molecule has 3 aromatic heterocycles. The van der Waals surface area contributed by atoms with E-state index in [0.29, 0.717) is 27.4 Å². The lowest BCUT2D eigenvalue weighted by Crippen LogP contribution is -2.13. The van der Waals surface area contributed by atoms with Gasteiger partial charge in [0, 0.05) is 23.1 Å². The second-order valence-corrected chi connectivity index (χ2v) is 8.37. The second kappa shape index (κ2) is 8.51. The number of aromatic nitrogens is 4. The van der Waals surface area contributed by atoms with Crippen molar-refractivity contribution in [3.8, 4) is 22.0 Å². The van der Waals surface area contributed by atoms with Crippen LogP contribution in [0.1, 0.15) is 0 Å². The lowest BCUT2D eigenvalue weighted by atomic mass is 10.1. The van der Waals surface area contributed by atoms with Gasteiger partial charge < -0.3 is 5.32 Å². The van der Waals surface area contributed by atoms with Crippen LogP contribution in [-0.2, 0) is 4.79 Å². The van der Waals surface area contributed by atoms with Crippen LogP contribution in [0.25, 0.3) is 22.0 Å². The van der Waals surface area contributed by atoms with Gasteiger partial charge in [-0.25, -0.2) is 9.97 Å². The normalized spacial score (nSPS) is 10.8. The summed E-state index contributed by atoms with van der Waals surface area (Å²) in [6, 6.07) is 10.1. The maximum atomic E-state index is 12.2. The van der Waals surface area contributed by atoms with Crippen LogP contribution in [0.4, 0.5) is 10.8 Å². The zero-order valence-electron chi connectivity index (χ0n) is 14.6. The number of nitro groups is 1. The van der Waals surface area contributed by atoms with Crippen LogP contribution in [0, 0.1) is 10.1 Å². The van der Waals surface area contributed by atoms with Crippen molar-refractivity contribution in [2.75, 3.05) is 11.1 Å². The number of H-pyrrole nitrogens is 1. The number of nitrogens with one attached hydrogen (secondary N) is 2. The van der Waals surface area contributed by atoms with Gasteiger partial charge in [0.05, 0.1) is 21.2 Å². The van der Waals surface area contributed by atoms with Crippen LogP contribution < -0.4 is 5.32 Å². The third kappa shape index (κ3) is 4.67. The fourth-order valence-electron chi connectivity index (χ4n) is 2.36. The first-order chi connectivity index (χ1) is 14.1. The van der Waals surface area contributed by atoms with Crippen molar-refractivity contribution in [2.24, 2.45) is 0 Å². The number of thiophene rings is 1. The molecule has 0 aliphatic carbocycles. The summed E-state index contributed by atoms with van der Waals surface area (Å²) in [5.74, 6) is 0.565. The van der Waals surface area contributed by atoms with Gasteiger partial charge in [-0.1, -0.05) is 30.0 Å². The van der Waals surface area contributed by atoms with Crippen LogP contribution in [0.5, 0.6) is 0 Å².